The minimum Gasteiger partial charge on any atom is -0.376 e. The molecule has 8 heteroatoms. The zero-order chi connectivity index (χ0) is 16.1. The van der Waals surface area contributed by atoms with Gasteiger partial charge in [0.2, 0.25) is 0 Å². The Morgan fingerprint density at radius 2 is 2.14 bits per heavy atom. The van der Waals surface area contributed by atoms with Gasteiger partial charge >= 0.3 is 0 Å². The van der Waals surface area contributed by atoms with Crippen LogP contribution in [0, 0.1) is 21.4 Å². The third-order valence-electron chi connectivity index (χ3n) is 3.22. The highest BCUT2D eigenvalue weighted by Gasteiger charge is 2.17. The minimum absolute atomic E-state index is 0.0175. The Labute approximate surface area is 131 Å². The first kappa shape index (κ1) is 15.8. The molecule has 1 N–H and O–H groups in total. The average molecular weight is 321 g/mol. The van der Waals surface area contributed by atoms with Gasteiger partial charge in [-0.2, -0.15) is 5.26 Å². The molecular weight excluding hydrogens is 308 g/mol. The quantitative estimate of drug-likeness (QED) is 0.398. The highest BCUT2D eigenvalue weighted by molar-refractivity contribution is 6.32. The van der Waals surface area contributed by atoms with Crippen LogP contribution in [0.4, 0.5) is 11.4 Å². The minimum atomic E-state index is -0.636. The van der Waals surface area contributed by atoms with Gasteiger partial charge in [-0.1, -0.05) is 11.6 Å². The molecular formula is C14H13ClN4O3. The molecule has 0 unspecified atom stereocenters. The maximum Gasteiger partial charge on any atom is 0.289 e. The molecule has 0 atom stereocenters. The number of rotatable bonds is 4. The van der Waals surface area contributed by atoms with Crippen molar-refractivity contribution >= 4 is 28.9 Å². The van der Waals surface area contributed by atoms with Crippen LogP contribution >= 0.6 is 11.6 Å². The standard InChI is InChI=1S/C14H13ClN4O3/c15-12-4-3-11(7-13(12)19(21)22)17-14(20)10(8-16)9-18-5-1-2-6-18/h3-4,7,9H,1-2,5-6H2,(H,17,20)/b10-9-. The van der Waals surface area contributed by atoms with Gasteiger partial charge in [0, 0.05) is 31.0 Å². The predicted molar refractivity (Wildman–Crippen MR) is 81.2 cm³/mol. The summed E-state index contributed by atoms with van der Waals surface area (Å²) in [5.74, 6) is -0.606. The van der Waals surface area contributed by atoms with Crippen LogP contribution in [0.2, 0.25) is 5.02 Å². The zero-order valence-corrected chi connectivity index (χ0v) is 12.3. The lowest BCUT2D eigenvalue weighted by Gasteiger charge is -2.12. The summed E-state index contributed by atoms with van der Waals surface area (Å²) >= 11 is 5.71. The molecule has 0 spiro atoms. The van der Waals surface area contributed by atoms with Crippen molar-refractivity contribution in [2.75, 3.05) is 18.4 Å². The Morgan fingerprint density at radius 3 is 2.73 bits per heavy atom. The van der Waals surface area contributed by atoms with Gasteiger partial charge in [-0.15, -0.1) is 0 Å². The molecule has 7 nitrogen and oxygen atoms in total. The van der Waals surface area contributed by atoms with Crippen molar-refractivity contribution in [3.8, 4) is 6.07 Å². The number of hydrogen-bond acceptors (Lipinski definition) is 5. The summed E-state index contributed by atoms with van der Waals surface area (Å²) in [4.78, 5) is 24.2. The number of halogens is 1. The van der Waals surface area contributed by atoms with E-state index in [1.807, 2.05) is 11.0 Å². The number of nitrogens with one attached hydrogen (secondary N) is 1. The smallest absolute Gasteiger partial charge is 0.289 e. The SMILES string of the molecule is N#C/C(=C/N1CCCC1)C(=O)Nc1ccc(Cl)c([N+](=O)[O-])c1. The normalized spacial score (nSPS) is 14.5. The summed E-state index contributed by atoms with van der Waals surface area (Å²) in [6.45, 7) is 1.62. The van der Waals surface area contributed by atoms with Crippen molar-refractivity contribution in [3.63, 3.8) is 0 Å². The fourth-order valence-electron chi connectivity index (χ4n) is 2.12. The van der Waals surface area contributed by atoms with Gasteiger partial charge < -0.3 is 10.2 Å². The third-order valence-corrected chi connectivity index (χ3v) is 3.54. The van der Waals surface area contributed by atoms with Crippen LogP contribution in [0.5, 0.6) is 0 Å². The van der Waals surface area contributed by atoms with Crippen LogP contribution in [-0.2, 0) is 4.79 Å². The molecule has 0 saturated carbocycles. The molecule has 1 amide bonds. The Kier molecular flexibility index (Phi) is 4.96. The summed E-state index contributed by atoms with van der Waals surface area (Å²) in [7, 11) is 0. The highest BCUT2D eigenvalue weighted by Crippen LogP contribution is 2.27. The number of amides is 1. The molecule has 1 aromatic rings. The van der Waals surface area contributed by atoms with E-state index < -0.39 is 10.8 Å². The molecule has 1 fully saturated rings. The first-order valence-electron chi connectivity index (χ1n) is 6.62. The molecule has 22 heavy (non-hydrogen) atoms. The summed E-state index contributed by atoms with van der Waals surface area (Å²) in [6, 6.07) is 5.77. The average Bonchev–Trinajstić information content (AvgIpc) is 2.99. The number of nitro benzene ring substituents is 1. The number of carbonyl (C=O) groups excluding carboxylic acids is 1. The van der Waals surface area contributed by atoms with Gasteiger partial charge in [0.05, 0.1) is 4.92 Å². The summed E-state index contributed by atoms with van der Waals surface area (Å²) in [6.07, 6.45) is 3.58. The number of nitrogens with zero attached hydrogens (tertiary/aromatic N) is 3. The van der Waals surface area contributed by atoms with Crippen LogP contribution in [-0.4, -0.2) is 28.8 Å². The number of nitro groups is 1. The van der Waals surface area contributed by atoms with E-state index in [0.29, 0.717) is 0 Å². The van der Waals surface area contributed by atoms with Crippen LogP contribution in [0.25, 0.3) is 0 Å². The molecule has 0 aromatic heterocycles. The fourth-order valence-corrected chi connectivity index (χ4v) is 2.31. The number of benzene rings is 1. The van der Waals surface area contributed by atoms with Crippen molar-refractivity contribution in [3.05, 3.63) is 45.1 Å². The maximum absolute atomic E-state index is 12.1. The maximum atomic E-state index is 12.1. The summed E-state index contributed by atoms with van der Waals surface area (Å²) < 4.78 is 0. The number of hydrogen-bond donors (Lipinski definition) is 1. The second kappa shape index (κ2) is 6.91. The van der Waals surface area contributed by atoms with Crippen LogP contribution < -0.4 is 5.32 Å². The lowest BCUT2D eigenvalue weighted by molar-refractivity contribution is -0.384. The van der Waals surface area contributed by atoms with Crippen LogP contribution in [0.3, 0.4) is 0 Å². The van der Waals surface area contributed by atoms with E-state index >= 15 is 0 Å². The Hall–Kier alpha value is -2.59. The van der Waals surface area contributed by atoms with Crippen molar-refractivity contribution in [2.24, 2.45) is 0 Å². The van der Waals surface area contributed by atoms with Gasteiger partial charge in [-0.25, -0.2) is 0 Å². The van der Waals surface area contributed by atoms with E-state index in [9.17, 15) is 14.9 Å². The predicted octanol–water partition coefficient (Wildman–Crippen LogP) is 2.69. The molecule has 0 aliphatic carbocycles. The summed E-state index contributed by atoms with van der Waals surface area (Å²) in [5, 5.41) is 22.4. The van der Waals surface area contributed by atoms with Gasteiger partial charge in [0.1, 0.15) is 16.7 Å². The van der Waals surface area contributed by atoms with Crippen molar-refractivity contribution in [1.82, 2.24) is 4.90 Å². The molecule has 1 aromatic carbocycles. The van der Waals surface area contributed by atoms with E-state index in [1.165, 1.54) is 18.3 Å². The first-order chi connectivity index (χ1) is 10.5. The largest absolute Gasteiger partial charge is 0.376 e. The molecule has 1 aliphatic rings. The van der Waals surface area contributed by atoms with Crippen LogP contribution in [0.15, 0.2) is 30.0 Å². The molecule has 114 valence electrons. The second-order valence-electron chi connectivity index (χ2n) is 4.78. The van der Waals surface area contributed by atoms with E-state index in [1.54, 1.807) is 0 Å². The molecule has 0 radical (unpaired) electrons. The van der Waals surface area contributed by atoms with Crippen molar-refractivity contribution in [1.29, 1.82) is 5.26 Å². The number of anilines is 1. The van der Waals surface area contributed by atoms with Gasteiger partial charge in [-0.05, 0) is 25.0 Å². The Balaban J connectivity index is 2.15. The van der Waals surface area contributed by atoms with Gasteiger partial charge in [0.25, 0.3) is 11.6 Å². The van der Waals surface area contributed by atoms with Gasteiger partial charge in [-0.3, -0.25) is 14.9 Å². The molecule has 1 aliphatic heterocycles. The lowest BCUT2D eigenvalue weighted by atomic mass is 10.2. The third kappa shape index (κ3) is 3.74. The topological polar surface area (TPSA) is 99.3 Å². The molecule has 0 bridgehead atoms. The second-order valence-corrected chi connectivity index (χ2v) is 5.18. The number of carbonyl (C=O) groups is 1. The summed E-state index contributed by atoms with van der Waals surface area (Å²) in [5.41, 5.74) is -0.135. The van der Waals surface area contributed by atoms with E-state index in [2.05, 4.69) is 5.32 Å². The Bertz CT molecular complexity index is 675. The molecule has 2 rings (SSSR count). The fraction of sp³-hybridized carbons (Fsp3) is 0.286. The van der Waals surface area contributed by atoms with Crippen molar-refractivity contribution < 1.29 is 9.72 Å². The van der Waals surface area contributed by atoms with Gasteiger partial charge in [0.15, 0.2) is 0 Å². The number of likely N-dealkylation sites (tertiary alicyclic amines) is 1. The molecule has 1 heterocycles. The zero-order valence-electron chi connectivity index (χ0n) is 11.6. The van der Waals surface area contributed by atoms with Crippen LogP contribution in [0.1, 0.15) is 12.8 Å². The van der Waals surface area contributed by atoms with E-state index in [4.69, 9.17) is 16.9 Å². The molecule has 1 saturated heterocycles. The number of nitriles is 1. The highest BCUT2D eigenvalue weighted by atomic mass is 35.5. The lowest BCUT2D eigenvalue weighted by Crippen LogP contribution is -2.18. The van der Waals surface area contributed by atoms with Crippen molar-refractivity contribution in [2.45, 2.75) is 12.8 Å². The van der Waals surface area contributed by atoms with E-state index in [0.717, 1.165) is 32.0 Å². The Morgan fingerprint density at radius 1 is 1.45 bits per heavy atom. The monoisotopic (exact) mass is 320 g/mol. The first-order valence-corrected chi connectivity index (χ1v) is 7.00. The van der Waals surface area contributed by atoms with E-state index in [-0.39, 0.29) is 22.0 Å².